The van der Waals surface area contributed by atoms with Gasteiger partial charge in [-0.2, -0.15) is 0 Å². The van der Waals surface area contributed by atoms with Crippen LogP contribution in [-0.2, 0) is 10.3 Å². The minimum Gasteiger partial charge on any atom is -0.480 e. The highest BCUT2D eigenvalue weighted by atomic mass is 19.1. The number of aliphatic carboxylic acids is 1. The van der Waals surface area contributed by atoms with Crippen LogP contribution in [0.2, 0.25) is 0 Å². The third-order valence-electron chi connectivity index (χ3n) is 2.57. The van der Waals surface area contributed by atoms with Crippen LogP contribution in [-0.4, -0.2) is 16.7 Å². The van der Waals surface area contributed by atoms with Crippen LogP contribution in [0.5, 0.6) is 0 Å². The lowest BCUT2D eigenvalue weighted by Gasteiger charge is -2.34. The molecule has 0 bridgehead atoms. The van der Waals surface area contributed by atoms with Crippen LogP contribution in [0.25, 0.3) is 0 Å². The van der Waals surface area contributed by atoms with Gasteiger partial charge in [0.2, 0.25) is 0 Å². The van der Waals surface area contributed by atoms with Crippen LogP contribution < -0.4 is 5.73 Å². The summed E-state index contributed by atoms with van der Waals surface area (Å²) in [6.07, 6.45) is 0. The van der Waals surface area contributed by atoms with Gasteiger partial charge >= 0.3 is 5.97 Å². The van der Waals surface area contributed by atoms with Crippen molar-refractivity contribution in [3.63, 3.8) is 0 Å². The Kier molecular flexibility index (Phi) is 3.01. The van der Waals surface area contributed by atoms with Crippen LogP contribution >= 0.6 is 0 Å². The predicted octanol–water partition coefficient (Wildman–Crippen LogP) is 1.81. The Bertz CT molecular complexity index is 415. The van der Waals surface area contributed by atoms with Crippen molar-refractivity contribution in [3.8, 4) is 0 Å². The molecular weight excluding hydrogens is 216 g/mol. The molecule has 0 spiro atoms. The summed E-state index contributed by atoms with van der Waals surface area (Å²) < 4.78 is 27.3. The minimum absolute atomic E-state index is 0.366. The number of benzene rings is 1. The summed E-state index contributed by atoms with van der Waals surface area (Å²) in [4.78, 5) is 11.1. The maximum absolute atomic E-state index is 13.9. The van der Waals surface area contributed by atoms with Gasteiger partial charge in [-0.15, -0.1) is 0 Å². The highest BCUT2D eigenvalue weighted by Crippen LogP contribution is 2.35. The van der Waals surface area contributed by atoms with Gasteiger partial charge in [-0.1, -0.05) is 18.2 Å². The van der Waals surface area contributed by atoms with Crippen LogP contribution in [0.15, 0.2) is 24.3 Å². The quantitative estimate of drug-likeness (QED) is 0.830. The molecule has 1 aromatic rings. The van der Waals surface area contributed by atoms with Crippen molar-refractivity contribution >= 4 is 5.97 Å². The summed E-state index contributed by atoms with van der Waals surface area (Å²) in [5.41, 5.74) is 0.465. The summed E-state index contributed by atoms with van der Waals surface area (Å²) in [6, 6.07) is 5.01. The fourth-order valence-electron chi connectivity index (χ4n) is 1.47. The number of carbonyl (C=O) groups is 1. The summed E-state index contributed by atoms with van der Waals surface area (Å²) in [5, 5.41) is 9.01. The van der Waals surface area contributed by atoms with Crippen LogP contribution in [0.1, 0.15) is 19.4 Å². The predicted molar refractivity (Wildman–Crippen MR) is 55.1 cm³/mol. The van der Waals surface area contributed by atoms with Gasteiger partial charge in [0.15, 0.2) is 5.54 Å². The first kappa shape index (κ1) is 12.6. The van der Waals surface area contributed by atoms with Crippen molar-refractivity contribution in [1.29, 1.82) is 0 Å². The molecule has 3 N–H and O–H groups in total. The van der Waals surface area contributed by atoms with E-state index in [-0.39, 0.29) is 5.56 Å². The standard InChI is InChI=1S/C11H13F2NO2/c1-10(2,13)11(14,9(15)16)7-5-3-4-6-8(7)12/h3-6H,14H2,1-2H3,(H,15,16). The van der Waals surface area contributed by atoms with E-state index in [9.17, 15) is 13.6 Å². The molecule has 0 amide bonds. The van der Waals surface area contributed by atoms with Gasteiger partial charge in [-0.3, -0.25) is 0 Å². The molecule has 1 unspecified atom stereocenters. The molecular formula is C11H13F2NO2. The van der Waals surface area contributed by atoms with Gasteiger partial charge in [0.1, 0.15) is 11.5 Å². The number of hydrogen-bond donors (Lipinski definition) is 2. The minimum atomic E-state index is -2.40. The maximum Gasteiger partial charge on any atom is 0.331 e. The van der Waals surface area contributed by atoms with Crippen molar-refractivity contribution in [2.24, 2.45) is 5.73 Å². The Labute approximate surface area is 91.9 Å². The van der Waals surface area contributed by atoms with E-state index in [2.05, 4.69) is 0 Å². The van der Waals surface area contributed by atoms with E-state index in [1.54, 1.807) is 0 Å². The van der Waals surface area contributed by atoms with E-state index in [4.69, 9.17) is 10.8 Å². The molecule has 5 heteroatoms. The Morgan fingerprint density at radius 1 is 1.38 bits per heavy atom. The van der Waals surface area contributed by atoms with Crippen molar-refractivity contribution in [2.75, 3.05) is 0 Å². The van der Waals surface area contributed by atoms with E-state index < -0.39 is 23.0 Å². The lowest BCUT2D eigenvalue weighted by atomic mass is 9.78. The van der Waals surface area contributed by atoms with Crippen molar-refractivity contribution in [3.05, 3.63) is 35.6 Å². The molecule has 0 aliphatic carbocycles. The summed E-state index contributed by atoms with van der Waals surface area (Å²) in [7, 11) is 0. The number of carboxylic acid groups (broad SMARTS) is 1. The van der Waals surface area contributed by atoms with Gasteiger partial charge < -0.3 is 10.8 Å². The number of halogens is 2. The number of alkyl halides is 1. The van der Waals surface area contributed by atoms with E-state index in [0.717, 1.165) is 19.9 Å². The maximum atomic E-state index is 13.9. The van der Waals surface area contributed by atoms with Gasteiger partial charge in [-0.05, 0) is 19.9 Å². The molecule has 0 saturated carbocycles. The zero-order valence-corrected chi connectivity index (χ0v) is 9.00. The molecule has 1 rings (SSSR count). The third-order valence-corrected chi connectivity index (χ3v) is 2.57. The van der Waals surface area contributed by atoms with Gasteiger partial charge in [0.25, 0.3) is 0 Å². The molecule has 0 aliphatic rings. The van der Waals surface area contributed by atoms with E-state index >= 15 is 0 Å². The van der Waals surface area contributed by atoms with Gasteiger partial charge in [0, 0.05) is 5.56 Å². The number of hydrogen-bond acceptors (Lipinski definition) is 2. The lowest BCUT2D eigenvalue weighted by molar-refractivity contribution is -0.149. The normalized spacial score (nSPS) is 15.6. The first-order chi connectivity index (χ1) is 7.21. The van der Waals surface area contributed by atoms with Crippen molar-refractivity contribution < 1.29 is 18.7 Å². The highest BCUT2D eigenvalue weighted by molar-refractivity contribution is 5.82. The molecule has 0 heterocycles. The van der Waals surface area contributed by atoms with Crippen LogP contribution in [0, 0.1) is 5.82 Å². The second-order valence-electron chi connectivity index (χ2n) is 4.07. The van der Waals surface area contributed by atoms with E-state index in [1.807, 2.05) is 0 Å². The number of carboxylic acids is 1. The highest BCUT2D eigenvalue weighted by Gasteiger charge is 2.52. The van der Waals surface area contributed by atoms with Crippen LogP contribution in [0.4, 0.5) is 8.78 Å². The zero-order valence-electron chi connectivity index (χ0n) is 9.00. The van der Waals surface area contributed by atoms with Gasteiger partial charge in [0.05, 0.1) is 0 Å². The molecule has 0 saturated heterocycles. The molecule has 88 valence electrons. The monoisotopic (exact) mass is 229 g/mol. The first-order valence-corrected chi connectivity index (χ1v) is 4.67. The Balaban J connectivity index is 3.46. The fourth-order valence-corrected chi connectivity index (χ4v) is 1.47. The summed E-state index contributed by atoms with van der Waals surface area (Å²) in [5.74, 6) is -2.44. The largest absolute Gasteiger partial charge is 0.480 e. The second kappa shape index (κ2) is 3.83. The molecule has 0 aromatic heterocycles. The van der Waals surface area contributed by atoms with Gasteiger partial charge in [-0.25, -0.2) is 13.6 Å². The molecule has 3 nitrogen and oxygen atoms in total. The van der Waals surface area contributed by atoms with Crippen LogP contribution in [0.3, 0.4) is 0 Å². The fraction of sp³-hybridized carbons (Fsp3) is 0.364. The summed E-state index contributed by atoms with van der Waals surface area (Å²) >= 11 is 0. The number of rotatable bonds is 3. The Morgan fingerprint density at radius 2 is 1.88 bits per heavy atom. The molecule has 1 aromatic carbocycles. The molecule has 0 fully saturated rings. The van der Waals surface area contributed by atoms with Crippen molar-refractivity contribution in [1.82, 2.24) is 0 Å². The smallest absolute Gasteiger partial charge is 0.331 e. The lowest BCUT2D eigenvalue weighted by Crippen LogP contribution is -2.58. The molecule has 16 heavy (non-hydrogen) atoms. The van der Waals surface area contributed by atoms with E-state index in [0.29, 0.717) is 0 Å². The molecule has 0 aliphatic heterocycles. The molecule has 0 radical (unpaired) electrons. The topological polar surface area (TPSA) is 63.3 Å². The van der Waals surface area contributed by atoms with Crippen molar-refractivity contribution in [2.45, 2.75) is 25.1 Å². The summed E-state index contributed by atoms with van der Waals surface area (Å²) in [6.45, 7) is 2.02. The SMILES string of the molecule is CC(C)(F)C(N)(C(=O)O)c1ccccc1F. The third kappa shape index (κ3) is 1.78. The van der Waals surface area contributed by atoms with E-state index in [1.165, 1.54) is 18.2 Å². The zero-order chi connectivity index (χ0) is 12.6. The average Bonchev–Trinajstić information content (AvgIpc) is 2.15. The number of nitrogens with two attached hydrogens (primary N) is 1. The Hall–Kier alpha value is -1.49. The Morgan fingerprint density at radius 3 is 2.25 bits per heavy atom. The second-order valence-corrected chi connectivity index (χ2v) is 4.07. The first-order valence-electron chi connectivity index (χ1n) is 4.67. The molecule has 1 atom stereocenters. The average molecular weight is 229 g/mol.